The molecule has 0 saturated heterocycles. The van der Waals surface area contributed by atoms with Crippen molar-refractivity contribution >= 4 is 15.8 Å². The Labute approximate surface area is 98.0 Å². The van der Waals surface area contributed by atoms with Gasteiger partial charge in [0, 0.05) is 12.2 Å². The lowest BCUT2D eigenvalue weighted by Gasteiger charge is -1.98. The summed E-state index contributed by atoms with van der Waals surface area (Å²) in [5.41, 5.74) is 0.550. The maximum atomic E-state index is 12.7. The lowest BCUT2D eigenvalue weighted by atomic mass is 10.1. The molecule has 1 fully saturated rings. The number of carbonyl (C=O) groups is 1. The van der Waals surface area contributed by atoms with E-state index in [2.05, 4.69) is 0 Å². The SMILES string of the molecule is CS(=O)(=O)[C@@H]1[C@H](C(=O)O)[C@H]1c1ccc(F)cc1. The van der Waals surface area contributed by atoms with E-state index >= 15 is 0 Å². The maximum absolute atomic E-state index is 12.7. The molecular formula is C11H11FO4S. The van der Waals surface area contributed by atoms with Crippen LogP contribution in [0.15, 0.2) is 24.3 Å². The molecule has 0 aliphatic heterocycles. The predicted molar refractivity (Wildman–Crippen MR) is 58.9 cm³/mol. The largest absolute Gasteiger partial charge is 0.481 e. The molecule has 0 aromatic heterocycles. The molecule has 0 bridgehead atoms. The monoisotopic (exact) mass is 258 g/mol. The lowest BCUT2D eigenvalue weighted by molar-refractivity contribution is -0.138. The minimum absolute atomic E-state index is 0.433. The minimum atomic E-state index is -3.41. The van der Waals surface area contributed by atoms with Gasteiger partial charge in [0.1, 0.15) is 5.82 Å². The summed E-state index contributed by atoms with van der Waals surface area (Å²) in [5, 5.41) is 8.04. The molecule has 6 heteroatoms. The number of carboxylic acid groups (broad SMARTS) is 1. The zero-order valence-electron chi connectivity index (χ0n) is 9.00. The highest BCUT2D eigenvalue weighted by Crippen LogP contribution is 2.52. The summed E-state index contributed by atoms with van der Waals surface area (Å²) in [6.45, 7) is 0. The number of hydrogen-bond donors (Lipinski definition) is 1. The average Bonchev–Trinajstić information content (AvgIpc) is 2.93. The molecule has 4 nitrogen and oxygen atoms in total. The molecular weight excluding hydrogens is 247 g/mol. The zero-order valence-corrected chi connectivity index (χ0v) is 9.82. The first kappa shape index (κ1) is 12.0. The molecule has 1 aliphatic rings. The number of halogens is 1. The summed E-state index contributed by atoms with van der Waals surface area (Å²) >= 11 is 0. The van der Waals surface area contributed by atoms with E-state index in [1.54, 1.807) is 0 Å². The summed E-state index contributed by atoms with van der Waals surface area (Å²) in [6, 6.07) is 5.26. The van der Waals surface area contributed by atoms with E-state index in [0.717, 1.165) is 6.26 Å². The van der Waals surface area contributed by atoms with Gasteiger partial charge in [-0.1, -0.05) is 12.1 Å². The van der Waals surface area contributed by atoms with Crippen LogP contribution in [0.5, 0.6) is 0 Å². The fourth-order valence-electron chi connectivity index (χ4n) is 2.19. The Morgan fingerprint density at radius 3 is 2.18 bits per heavy atom. The van der Waals surface area contributed by atoms with Crippen LogP contribution in [-0.2, 0) is 14.6 Å². The highest BCUT2D eigenvalue weighted by atomic mass is 32.2. The molecule has 0 unspecified atom stereocenters. The van der Waals surface area contributed by atoms with E-state index in [9.17, 15) is 17.6 Å². The van der Waals surface area contributed by atoms with Crippen molar-refractivity contribution in [3.63, 3.8) is 0 Å². The van der Waals surface area contributed by atoms with Gasteiger partial charge < -0.3 is 5.11 Å². The van der Waals surface area contributed by atoms with Gasteiger partial charge in [-0.3, -0.25) is 4.79 Å². The first-order valence-electron chi connectivity index (χ1n) is 4.99. The van der Waals surface area contributed by atoms with E-state index in [1.807, 2.05) is 0 Å². The highest BCUT2D eigenvalue weighted by molar-refractivity contribution is 7.91. The van der Waals surface area contributed by atoms with Gasteiger partial charge in [0.2, 0.25) is 0 Å². The van der Waals surface area contributed by atoms with Crippen LogP contribution in [0.2, 0.25) is 0 Å². The molecule has 0 spiro atoms. The minimum Gasteiger partial charge on any atom is -0.481 e. The van der Waals surface area contributed by atoms with Gasteiger partial charge in [0.05, 0.1) is 11.2 Å². The van der Waals surface area contributed by atoms with Gasteiger partial charge in [-0.2, -0.15) is 0 Å². The van der Waals surface area contributed by atoms with Crippen molar-refractivity contribution in [2.45, 2.75) is 11.2 Å². The standard InChI is InChI=1S/C11H11FO4S/c1-17(15,16)10-8(9(10)11(13)14)6-2-4-7(12)5-3-6/h2-5,8-10H,1H3,(H,13,14)/t8-,9-,10+/m1/s1. The third-order valence-electron chi connectivity index (χ3n) is 2.99. The summed E-state index contributed by atoms with van der Waals surface area (Å²) in [4.78, 5) is 10.9. The number of aliphatic carboxylic acids is 1. The van der Waals surface area contributed by atoms with Crippen molar-refractivity contribution < 1.29 is 22.7 Å². The van der Waals surface area contributed by atoms with Crippen LogP contribution < -0.4 is 0 Å². The second-order valence-electron chi connectivity index (χ2n) is 4.24. The van der Waals surface area contributed by atoms with Crippen molar-refractivity contribution in [3.05, 3.63) is 35.6 Å². The van der Waals surface area contributed by atoms with Crippen molar-refractivity contribution in [1.82, 2.24) is 0 Å². The van der Waals surface area contributed by atoms with Crippen molar-refractivity contribution in [3.8, 4) is 0 Å². The molecule has 92 valence electrons. The Hall–Kier alpha value is -1.43. The lowest BCUT2D eigenvalue weighted by Crippen LogP contribution is -2.10. The molecule has 0 heterocycles. The summed E-state index contributed by atoms with van der Waals surface area (Å²) < 4.78 is 35.6. The van der Waals surface area contributed by atoms with E-state index < -0.39 is 38.7 Å². The van der Waals surface area contributed by atoms with Crippen molar-refractivity contribution in [2.24, 2.45) is 5.92 Å². The van der Waals surface area contributed by atoms with Gasteiger partial charge in [0.15, 0.2) is 9.84 Å². The van der Waals surface area contributed by atoms with Gasteiger partial charge >= 0.3 is 5.97 Å². The third-order valence-corrected chi connectivity index (χ3v) is 4.56. The molecule has 0 amide bonds. The smallest absolute Gasteiger partial charge is 0.308 e. The third kappa shape index (κ3) is 2.17. The average molecular weight is 258 g/mol. The maximum Gasteiger partial charge on any atom is 0.308 e. The molecule has 1 aliphatic carbocycles. The predicted octanol–water partition coefficient (Wildman–Crippen LogP) is 1.04. The van der Waals surface area contributed by atoms with Crippen LogP contribution >= 0.6 is 0 Å². The second kappa shape index (κ2) is 3.80. The zero-order chi connectivity index (χ0) is 12.8. The molecule has 2 rings (SSSR count). The number of carboxylic acids is 1. The normalized spacial score (nSPS) is 27.8. The molecule has 1 N–H and O–H groups in total. The van der Waals surface area contributed by atoms with Gasteiger partial charge in [-0.15, -0.1) is 0 Å². The Morgan fingerprint density at radius 1 is 1.29 bits per heavy atom. The van der Waals surface area contributed by atoms with E-state index in [-0.39, 0.29) is 0 Å². The Morgan fingerprint density at radius 2 is 1.82 bits per heavy atom. The van der Waals surface area contributed by atoms with E-state index in [1.165, 1.54) is 24.3 Å². The number of benzene rings is 1. The topological polar surface area (TPSA) is 71.4 Å². The number of hydrogen-bond acceptors (Lipinski definition) is 3. The molecule has 1 saturated carbocycles. The van der Waals surface area contributed by atoms with Crippen molar-refractivity contribution in [2.75, 3.05) is 6.26 Å². The fraction of sp³-hybridized carbons (Fsp3) is 0.364. The summed E-state index contributed by atoms with van der Waals surface area (Å²) in [7, 11) is -3.41. The van der Waals surface area contributed by atoms with E-state index in [4.69, 9.17) is 5.11 Å². The molecule has 1 aromatic carbocycles. The van der Waals surface area contributed by atoms with Crippen LogP contribution in [0.3, 0.4) is 0 Å². The van der Waals surface area contributed by atoms with Crippen LogP contribution in [0, 0.1) is 11.7 Å². The summed E-state index contributed by atoms with van der Waals surface area (Å²) in [5.74, 6) is -3.05. The molecule has 0 radical (unpaired) electrons. The van der Waals surface area contributed by atoms with Crippen LogP contribution in [-0.4, -0.2) is 31.0 Å². The van der Waals surface area contributed by atoms with Gasteiger partial charge in [0.25, 0.3) is 0 Å². The molecule has 3 atom stereocenters. The molecule has 17 heavy (non-hydrogen) atoms. The molecule has 1 aromatic rings. The van der Waals surface area contributed by atoms with Crippen LogP contribution in [0.4, 0.5) is 4.39 Å². The van der Waals surface area contributed by atoms with Crippen molar-refractivity contribution in [1.29, 1.82) is 0 Å². The Balaban J connectivity index is 2.34. The highest BCUT2D eigenvalue weighted by Gasteiger charge is 2.61. The quantitative estimate of drug-likeness (QED) is 0.879. The fourth-order valence-corrected chi connectivity index (χ4v) is 3.78. The van der Waals surface area contributed by atoms with E-state index in [0.29, 0.717) is 5.56 Å². The first-order chi connectivity index (χ1) is 7.82. The Bertz CT molecular complexity index is 549. The van der Waals surface area contributed by atoms with Gasteiger partial charge in [-0.25, -0.2) is 12.8 Å². The number of sulfone groups is 1. The first-order valence-corrected chi connectivity index (χ1v) is 6.95. The Kier molecular flexibility index (Phi) is 2.69. The van der Waals surface area contributed by atoms with Crippen LogP contribution in [0.25, 0.3) is 0 Å². The van der Waals surface area contributed by atoms with Gasteiger partial charge in [-0.05, 0) is 17.7 Å². The number of rotatable bonds is 3. The second-order valence-corrected chi connectivity index (χ2v) is 6.44. The van der Waals surface area contributed by atoms with Crippen LogP contribution in [0.1, 0.15) is 11.5 Å². The summed E-state index contributed by atoms with van der Waals surface area (Å²) in [6.07, 6.45) is 1.02.